The Hall–Kier alpha value is -1.09. The highest BCUT2D eigenvalue weighted by atomic mass is 35.5. The second kappa shape index (κ2) is 6.57. The van der Waals surface area contributed by atoms with Crippen LogP contribution in [0.1, 0.15) is 37.1 Å². The van der Waals surface area contributed by atoms with Crippen LogP contribution in [-0.2, 0) is 0 Å². The van der Waals surface area contributed by atoms with Crippen molar-refractivity contribution in [3.63, 3.8) is 0 Å². The van der Waals surface area contributed by atoms with Gasteiger partial charge in [-0.2, -0.15) is 0 Å². The molecule has 0 heterocycles. The fraction of sp³-hybridized carbons (Fsp3) is 0.250. The topological polar surface area (TPSA) is 12.0 Å². The molecule has 0 radical (unpaired) electrons. The van der Waals surface area contributed by atoms with E-state index in [2.05, 4.69) is 12.2 Å². The molecule has 0 saturated heterocycles. The average Bonchev–Trinajstić information content (AvgIpc) is 2.38. The van der Waals surface area contributed by atoms with Crippen molar-refractivity contribution in [2.45, 2.75) is 25.9 Å². The normalized spacial score (nSPS) is 14.1. The van der Waals surface area contributed by atoms with Crippen LogP contribution in [0.15, 0.2) is 42.5 Å². The van der Waals surface area contributed by atoms with Gasteiger partial charge in [-0.05, 0) is 49.2 Å². The van der Waals surface area contributed by atoms with Crippen LogP contribution in [-0.4, -0.2) is 0 Å². The van der Waals surface area contributed by atoms with Crippen LogP contribution in [0.3, 0.4) is 0 Å². The minimum Gasteiger partial charge on any atom is -0.304 e. The first-order chi connectivity index (χ1) is 9.47. The molecule has 0 aromatic heterocycles. The maximum atomic E-state index is 13.1. The summed E-state index contributed by atoms with van der Waals surface area (Å²) in [6.07, 6.45) is 0. The Labute approximate surface area is 128 Å². The molecule has 2 aromatic rings. The van der Waals surface area contributed by atoms with Gasteiger partial charge >= 0.3 is 0 Å². The van der Waals surface area contributed by atoms with E-state index in [-0.39, 0.29) is 17.9 Å². The van der Waals surface area contributed by atoms with Crippen LogP contribution in [0.2, 0.25) is 10.0 Å². The molecule has 2 unspecified atom stereocenters. The Morgan fingerprint density at radius 2 is 1.75 bits per heavy atom. The molecule has 0 amide bonds. The lowest BCUT2D eigenvalue weighted by atomic mass is 10.0. The van der Waals surface area contributed by atoms with E-state index < -0.39 is 0 Å². The summed E-state index contributed by atoms with van der Waals surface area (Å²) < 4.78 is 13.1. The summed E-state index contributed by atoms with van der Waals surface area (Å²) in [6.45, 7) is 4.06. The summed E-state index contributed by atoms with van der Waals surface area (Å²) >= 11 is 12.1. The Kier molecular flexibility index (Phi) is 5.03. The lowest BCUT2D eigenvalue weighted by Crippen LogP contribution is -2.22. The Bertz CT molecular complexity index is 601. The third kappa shape index (κ3) is 3.72. The molecule has 106 valence electrons. The zero-order valence-corrected chi connectivity index (χ0v) is 12.8. The van der Waals surface area contributed by atoms with Gasteiger partial charge in [0.1, 0.15) is 5.82 Å². The van der Waals surface area contributed by atoms with Gasteiger partial charge in [0.05, 0.1) is 0 Å². The van der Waals surface area contributed by atoms with Crippen LogP contribution >= 0.6 is 23.2 Å². The molecule has 0 spiro atoms. The molecular weight excluding hydrogens is 296 g/mol. The van der Waals surface area contributed by atoms with E-state index in [1.807, 2.05) is 31.2 Å². The molecule has 0 bridgehead atoms. The molecule has 0 saturated carbocycles. The maximum Gasteiger partial charge on any atom is 0.124 e. The maximum absolute atomic E-state index is 13.1. The highest BCUT2D eigenvalue weighted by Gasteiger charge is 2.14. The molecule has 0 aliphatic carbocycles. The van der Waals surface area contributed by atoms with E-state index in [4.69, 9.17) is 23.2 Å². The molecule has 1 nitrogen and oxygen atoms in total. The van der Waals surface area contributed by atoms with Gasteiger partial charge in [-0.3, -0.25) is 0 Å². The van der Waals surface area contributed by atoms with Crippen molar-refractivity contribution in [3.05, 3.63) is 69.5 Å². The van der Waals surface area contributed by atoms with Crippen molar-refractivity contribution < 1.29 is 4.39 Å². The fourth-order valence-electron chi connectivity index (χ4n) is 2.19. The third-order valence-corrected chi connectivity index (χ3v) is 3.84. The van der Waals surface area contributed by atoms with E-state index in [0.29, 0.717) is 10.0 Å². The molecule has 2 aromatic carbocycles. The Balaban J connectivity index is 2.12. The first-order valence-corrected chi connectivity index (χ1v) is 7.19. The largest absolute Gasteiger partial charge is 0.304 e. The monoisotopic (exact) mass is 311 g/mol. The lowest BCUT2D eigenvalue weighted by molar-refractivity contribution is 0.494. The van der Waals surface area contributed by atoms with Crippen LogP contribution in [0.25, 0.3) is 0 Å². The molecule has 20 heavy (non-hydrogen) atoms. The number of hydrogen-bond acceptors (Lipinski definition) is 1. The molecule has 2 rings (SSSR count). The van der Waals surface area contributed by atoms with E-state index in [1.54, 1.807) is 6.07 Å². The number of nitrogens with one attached hydrogen (secondary N) is 1. The highest BCUT2D eigenvalue weighted by Crippen LogP contribution is 2.26. The summed E-state index contributed by atoms with van der Waals surface area (Å²) in [7, 11) is 0. The first-order valence-electron chi connectivity index (χ1n) is 6.44. The van der Waals surface area contributed by atoms with Gasteiger partial charge in [0.2, 0.25) is 0 Å². The minimum absolute atomic E-state index is 0.0112. The summed E-state index contributed by atoms with van der Waals surface area (Å²) in [5.74, 6) is -0.325. The van der Waals surface area contributed by atoms with Crippen molar-refractivity contribution in [3.8, 4) is 0 Å². The minimum atomic E-state index is -0.325. The molecule has 0 fully saturated rings. The van der Waals surface area contributed by atoms with Crippen molar-refractivity contribution in [1.29, 1.82) is 0 Å². The highest BCUT2D eigenvalue weighted by molar-refractivity contribution is 6.31. The van der Waals surface area contributed by atoms with Gasteiger partial charge in [-0.25, -0.2) is 4.39 Å². The van der Waals surface area contributed by atoms with E-state index in [9.17, 15) is 4.39 Å². The molecule has 4 heteroatoms. The summed E-state index contributed by atoms with van der Waals surface area (Å²) in [5, 5.41) is 4.58. The van der Waals surface area contributed by atoms with Gasteiger partial charge in [0.25, 0.3) is 0 Å². The van der Waals surface area contributed by atoms with Gasteiger partial charge in [-0.1, -0.05) is 41.4 Å². The summed E-state index contributed by atoms with van der Waals surface area (Å²) in [5.41, 5.74) is 1.98. The van der Waals surface area contributed by atoms with Crippen LogP contribution in [0, 0.1) is 5.82 Å². The van der Waals surface area contributed by atoms with Crippen LogP contribution in [0.4, 0.5) is 4.39 Å². The zero-order valence-electron chi connectivity index (χ0n) is 11.3. The molecule has 1 N–H and O–H groups in total. The molecule has 0 aliphatic rings. The van der Waals surface area contributed by atoms with Gasteiger partial charge in [-0.15, -0.1) is 0 Å². The van der Waals surface area contributed by atoms with E-state index >= 15 is 0 Å². The number of rotatable bonds is 4. The SMILES string of the molecule is CC(NC(C)c1ccc(F)cc1Cl)c1cccc(Cl)c1. The number of benzene rings is 2. The molecular formula is C16H16Cl2FN. The predicted octanol–water partition coefficient (Wildman–Crippen LogP) is 5.54. The van der Waals surface area contributed by atoms with Crippen LogP contribution in [0.5, 0.6) is 0 Å². The first kappa shape index (κ1) is 15.3. The third-order valence-electron chi connectivity index (χ3n) is 3.28. The summed E-state index contributed by atoms with van der Waals surface area (Å²) in [6, 6.07) is 12.3. The molecule has 2 atom stereocenters. The lowest BCUT2D eigenvalue weighted by Gasteiger charge is -2.21. The average molecular weight is 312 g/mol. The van der Waals surface area contributed by atoms with E-state index in [1.165, 1.54) is 12.1 Å². The smallest absolute Gasteiger partial charge is 0.124 e. The van der Waals surface area contributed by atoms with Gasteiger partial charge in [0.15, 0.2) is 0 Å². The quantitative estimate of drug-likeness (QED) is 0.781. The second-order valence-corrected chi connectivity index (χ2v) is 5.67. The van der Waals surface area contributed by atoms with E-state index in [0.717, 1.165) is 11.1 Å². The number of hydrogen-bond donors (Lipinski definition) is 1. The fourth-order valence-corrected chi connectivity index (χ4v) is 2.72. The Morgan fingerprint density at radius 3 is 2.40 bits per heavy atom. The zero-order chi connectivity index (χ0) is 14.7. The standard InChI is InChI=1S/C16H16Cl2FN/c1-10(12-4-3-5-13(17)8-12)20-11(2)15-7-6-14(19)9-16(15)18/h3-11,20H,1-2H3. The van der Waals surface area contributed by atoms with Crippen LogP contribution < -0.4 is 5.32 Å². The van der Waals surface area contributed by atoms with Crippen molar-refractivity contribution in [1.82, 2.24) is 5.32 Å². The van der Waals surface area contributed by atoms with Crippen molar-refractivity contribution in [2.75, 3.05) is 0 Å². The molecule has 0 aliphatic heterocycles. The number of halogens is 3. The van der Waals surface area contributed by atoms with Gasteiger partial charge < -0.3 is 5.32 Å². The predicted molar refractivity (Wildman–Crippen MR) is 82.8 cm³/mol. The van der Waals surface area contributed by atoms with Crippen molar-refractivity contribution >= 4 is 23.2 Å². The van der Waals surface area contributed by atoms with Crippen molar-refractivity contribution in [2.24, 2.45) is 0 Å². The summed E-state index contributed by atoms with van der Waals surface area (Å²) in [4.78, 5) is 0. The Morgan fingerprint density at radius 1 is 1.00 bits per heavy atom. The second-order valence-electron chi connectivity index (χ2n) is 4.83. The van der Waals surface area contributed by atoms with Gasteiger partial charge in [0, 0.05) is 22.1 Å².